The summed E-state index contributed by atoms with van der Waals surface area (Å²) in [5.74, 6) is -0.584. The molecule has 3 aromatic rings. The molecule has 4 amide bonds. The summed E-state index contributed by atoms with van der Waals surface area (Å²) in [6.07, 6.45) is 1.40. The van der Waals surface area contributed by atoms with Gasteiger partial charge in [-0.05, 0) is 55.3 Å². The van der Waals surface area contributed by atoms with Gasteiger partial charge in [0.15, 0.2) is 0 Å². The van der Waals surface area contributed by atoms with Crippen LogP contribution in [0.5, 0.6) is 11.5 Å². The summed E-state index contributed by atoms with van der Waals surface area (Å²) in [6.45, 7) is 4.01. The zero-order valence-corrected chi connectivity index (χ0v) is 20.2. The number of imide groups is 2. The molecule has 0 aromatic heterocycles. The summed E-state index contributed by atoms with van der Waals surface area (Å²) in [4.78, 5) is 39.5. The van der Waals surface area contributed by atoms with Crippen molar-refractivity contribution in [2.24, 2.45) is 0 Å². The number of rotatable bonds is 6. The van der Waals surface area contributed by atoms with E-state index in [1.807, 2.05) is 31.2 Å². The van der Waals surface area contributed by atoms with Crippen molar-refractivity contribution in [2.45, 2.75) is 20.5 Å². The van der Waals surface area contributed by atoms with Gasteiger partial charge in [0.1, 0.15) is 23.7 Å². The van der Waals surface area contributed by atoms with Gasteiger partial charge in [-0.15, -0.1) is 0 Å². The minimum absolute atomic E-state index is 0.213. The van der Waals surface area contributed by atoms with E-state index in [4.69, 9.17) is 21.1 Å². The first-order valence-electron chi connectivity index (χ1n) is 10.8. The molecule has 35 heavy (non-hydrogen) atoms. The number of barbiturate groups is 1. The third-order valence-corrected chi connectivity index (χ3v) is 5.75. The number of carbonyl (C=O) groups excluding carboxylic acids is 3. The number of amides is 4. The third-order valence-electron chi connectivity index (χ3n) is 5.51. The first-order chi connectivity index (χ1) is 16.8. The minimum Gasteiger partial charge on any atom is -0.497 e. The second-order valence-electron chi connectivity index (χ2n) is 8.07. The number of benzene rings is 3. The van der Waals surface area contributed by atoms with Gasteiger partial charge < -0.3 is 9.47 Å². The fraction of sp³-hybridized carbons (Fsp3) is 0.148. The third kappa shape index (κ3) is 5.20. The lowest BCUT2D eigenvalue weighted by atomic mass is 10.0. The Morgan fingerprint density at radius 2 is 1.80 bits per heavy atom. The van der Waals surface area contributed by atoms with Crippen molar-refractivity contribution < 1.29 is 23.9 Å². The number of nitrogens with one attached hydrogen (secondary N) is 1. The maximum Gasteiger partial charge on any atom is 0.335 e. The number of hydrogen-bond donors (Lipinski definition) is 1. The number of halogens is 1. The van der Waals surface area contributed by atoms with Gasteiger partial charge in [-0.1, -0.05) is 47.5 Å². The number of ether oxygens (including phenoxy) is 2. The minimum atomic E-state index is -0.840. The Kier molecular flexibility index (Phi) is 6.89. The lowest BCUT2D eigenvalue weighted by Crippen LogP contribution is -2.54. The fourth-order valence-corrected chi connectivity index (χ4v) is 3.87. The van der Waals surface area contributed by atoms with E-state index in [-0.39, 0.29) is 12.2 Å². The van der Waals surface area contributed by atoms with Crippen LogP contribution >= 0.6 is 11.6 Å². The summed E-state index contributed by atoms with van der Waals surface area (Å²) in [6, 6.07) is 17.0. The van der Waals surface area contributed by atoms with Crippen LogP contribution in [-0.4, -0.2) is 25.0 Å². The van der Waals surface area contributed by atoms with Crippen LogP contribution in [0, 0.1) is 13.8 Å². The van der Waals surface area contributed by atoms with Crippen LogP contribution in [0.3, 0.4) is 0 Å². The molecule has 4 rings (SSSR count). The molecule has 0 bridgehead atoms. The lowest BCUT2D eigenvalue weighted by molar-refractivity contribution is -0.122. The van der Waals surface area contributed by atoms with Crippen LogP contribution in [0.1, 0.15) is 22.3 Å². The second-order valence-corrected chi connectivity index (χ2v) is 8.51. The van der Waals surface area contributed by atoms with Crippen LogP contribution in [0.4, 0.5) is 10.5 Å². The van der Waals surface area contributed by atoms with Gasteiger partial charge in [-0.25, -0.2) is 9.69 Å². The van der Waals surface area contributed by atoms with E-state index in [9.17, 15) is 14.4 Å². The summed E-state index contributed by atoms with van der Waals surface area (Å²) in [5.41, 5.74) is 3.28. The first-order valence-corrected chi connectivity index (χ1v) is 11.2. The first kappa shape index (κ1) is 24.0. The molecule has 0 radical (unpaired) electrons. The quantitative estimate of drug-likeness (QED) is 0.378. The van der Waals surface area contributed by atoms with E-state index in [1.54, 1.807) is 37.3 Å². The molecular formula is C27H23ClN2O5. The van der Waals surface area contributed by atoms with Crippen molar-refractivity contribution >= 4 is 41.2 Å². The molecule has 1 fully saturated rings. The molecular weight excluding hydrogens is 468 g/mol. The van der Waals surface area contributed by atoms with E-state index in [1.165, 1.54) is 19.3 Å². The van der Waals surface area contributed by atoms with Gasteiger partial charge >= 0.3 is 6.03 Å². The van der Waals surface area contributed by atoms with E-state index in [2.05, 4.69) is 5.32 Å². The molecule has 0 unspecified atom stereocenters. The molecule has 8 heteroatoms. The van der Waals surface area contributed by atoms with Crippen LogP contribution in [0.2, 0.25) is 5.02 Å². The average molecular weight is 491 g/mol. The SMILES string of the molecule is COc1ccc(/C=C2\C(=O)NC(=O)N(c3cc(Cl)ccc3C)C2=O)c(OCc2cccc(C)c2)c1. The second kappa shape index (κ2) is 10.0. The molecule has 0 spiro atoms. The van der Waals surface area contributed by atoms with E-state index in [0.29, 0.717) is 33.3 Å². The Morgan fingerprint density at radius 3 is 2.54 bits per heavy atom. The van der Waals surface area contributed by atoms with Crippen molar-refractivity contribution in [3.8, 4) is 11.5 Å². The standard InChI is InChI=1S/C27H23ClN2O5/c1-16-5-4-6-18(11-16)15-35-24-14-21(34-3)10-8-19(24)12-22-25(31)29-27(33)30(26(22)32)23-13-20(28)9-7-17(23)2/h4-14H,15H2,1-3H3,(H,29,31,33)/b22-12+. The van der Waals surface area contributed by atoms with Gasteiger partial charge in [0.2, 0.25) is 0 Å². The van der Waals surface area contributed by atoms with Gasteiger partial charge in [-0.3, -0.25) is 14.9 Å². The lowest BCUT2D eigenvalue weighted by Gasteiger charge is -2.27. The molecule has 1 saturated heterocycles. The molecule has 0 aliphatic carbocycles. The number of urea groups is 1. The number of aryl methyl sites for hydroxylation is 2. The predicted molar refractivity (Wildman–Crippen MR) is 134 cm³/mol. The van der Waals surface area contributed by atoms with Crippen LogP contribution in [0.25, 0.3) is 6.08 Å². The smallest absolute Gasteiger partial charge is 0.335 e. The number of anilines is 1. The van der Waals surface area contributed by atoms with E-state index in [0.717, 1.165) is 16.0 Å². The topological polar surface area (TPSA) is 84.9 Å². The molecule has 3 aromatic carbocycles. The number of nitrogens with zero attached hydrogens (tertiary/aromatic N) is 1. The summed E-state index contributed by atoms with van der Waals surface area (Å²) in [7, 11) is 1.53. The van der Waals surface area contributed by atoms with Gasteiger partial charge in [0.25, 0.3) is 11.8 Å². The predicted octanol–water partition coefficient (Wildman–Crippen LogP) is 5.21. The van der Waals surface area contributed by atoms with Gasteiger partial charge in [0.05, 0.1) is 12.8 Å². The van der Waals surface area contributed by atoms with Crippen LogP contribution in [-0.2, 0) is 16.2 Å². The highest BCUT2D eigenvalue weighted by Gasteiger charge is 2.37. The number of hydrogen-bond acceptors (Lipinski definition) is 5. The highest BCUT2D eigenvalue weighted by molar-refractivity contribution is 6.39. The molecule has 0 atom stereocenters. The number of methoxy groups -OCH3 is 1. The molecule has 1 aliphatic heterocycles. The summed E-state index contributed by atoms with van der Waals surface area (Å²) >= 11 is 6.09. The normalized spacial score (nSPS) is 14.8. The van der Waals surface area contributed by atoms with Gasteiger partial charge in [0, 0.05) is 16.7 Å². The Morgan fingerprint density at radius 1 is 1.00 bits per heavy atom. The van der Waals surface area contributed by atoms with Crippen molar-refractivity contribution in [1.82, 2.24) is 5.32 Å². The van der Waals surface area contributed by atoms with Gasteiger partial charge in [-0.2, -0.15) is 0 Å². The Hall–Kier alpha value is -4.10. The fourth-order valence-electron chi connectivity index (χ4n) is 3.70. The van der Waals surface area contributed by atoms with Crippen molar-refractivity contribution in [1.29, 1.82) is 0 Å². The summed E-state index contributed by atoms with van der Waals surface area (Å²) < 4.78 is 11.3. The van der Waals surface area contributed by atoms with Crippen LogP contribution in [0.15, 0.2) is 66.2 Å². The zero-order chi connectivity index (χ0) is 25.1. The Balaban J connectivity index is 1.71. The molecule has 178 valence electrons. The molecule has 1 aliphatic rings. The average Bonchev–Trinajstić information content (AvgIpc) is 2.83. The van der Waals surface area contributed by atoms with Crippen molar-refractivity contribution in [2.75, 3.05) is 12.0 Å². The highest BCUT2D eigenvalue weighted by atomic mass is 35.5. The van der Waals surface area contributed by atoms with Crippen LogP contribution < -0.4 is 19.7 Å². The highest BCUT2D eigenvalue weighted by Crippen LogP contribution is 2.31. The Labute approximate surface area is 207 Å². The molecule has 1 N–H and O–H groups in total. The largest absolute Gasteiger partial charge is 0.497 e. The number of carbonyl (C=O) groups is 3. The Bertz CT molecular complexity index is 1370. The van der Waals surface area contributed by atoms with E-state index >= 15 is 0 Å². The zero-order valence-electron chi connectivity index (χ0n) is 19.4. The van der Waals surface area contributed by atoms with E-state index < -0.39 is 17.8 Å². The van der Waals surface area contributed by atoms with Crippen molar-refractivity contribution in [3.05, 3.63) is 93.5 Å². The monoisotopic (exact) mass is 490 g/mol. The maximum absolute atomic E-state index is 13.3. The summed E-state index contributed by atoms with van der Waals surface area (Å²) in [5, 5.41) is 2.59. The van der Waals surface area contributed by atoms with Crippen molar-refractivity contribution in [3.63, 3.8) is 0 Å². The molecule has 0 saturated carbocycles. The molecule has 7 nitrogen and oxygen atoms in total. The maximum atomic E-state index is 13.3. The molecule has 1 heterocycles.